The van der Waals surface area contributed by atoms with Gasteiger partial charge >= 0.3 is 5.97 Å². The zero-order valence-corrected chi connectivity index (χ0v) is 9.66. The van der Waals surface area contributed by atoms with Gasteiger partial charge in [-0.1, -0.05) is 13.3 Å². The Morgan fingerprint density at radius 1 is 1.50 bits per heavy atom. The van der Waals surface area contributed by atoms with Gasteiger partial charge in [-0.3, -0.25) is 0 Å². The number of hydrogen-bond donors (Lipinski definition) is 2. The lowest BCUT2D eigenvalue weighted by atomic mass is 10.1. The standard InChI is InChI=1S/C11H17N3O2/c1-3-4-5-9-8(6-12-2)10(11(15)16)14-7-13-9/h7,12H,3-6H2,1-2H3,(H,15,16). The molecule has 1 rings (SSSR count). The first-order chi connectivity index (χ1) is 7.70. The summed E-state index contributed by atoms with van der Waals surface area (Å²) in [6.45, 7) is 2.58. The highest BCUT2D eigenvalue weighted by atomic mass is 16.4. The van der Waals surface area contributed by atoms with Crippen molar-refractivity contribution in [3.05, 3.63) is 23.3 Å². The lowest BCUT2D eigenvalue weighted by Crippen LogP contribution is -2.16. The summed E-state index contributed by atoms with van der Waals surface area (Å²) < 4.78 is 0. The molecule has 2 N–H and O–H groups in total. The first-order valence-electron chi connectivity index (χ1n) is 5.41. The van der Waals surface area contributed by atoms with Crippen LogP contribution in [0.5, 0.6) is 0 Å². The van der Waals surface area contributed by atoms with Crippen LogP contribution in [0.2, 0.25) is 0 Å². The summed E-state index contributed by atoms with van der Waals surface area (Å²) in [5.74, 6) is -0.995. The fraction of sp³-hybridized carbons (Fsp3) is 0.545. The maximum atomic E-state index is 11.0. The molecule has 0 atom stereocenters. The number of unbranched alkanes of at least 4 members (excludes halogenated alkanes) is 1. The third kappa shape index (κ3) is 3.00. The lowest BCUT2D eigenvalue weighted by molar-refractivity contribution is 0.0688. The Hall–Kier alpha value is -1.49. The van der Waals surface area contributed by atoms with E-state index in [1.54, 1.807) is 7.05 Å². The predicted octanol–water partition coefficient (Wildman–Crippen LogP) is 1.24. The molecular formula is C11H17N3O2. The summed E-state index contributed by atoms with van der Waals surface area (Å²) >= 11 is 0. The molecular weight excluding hydrogens is 206 g/mol. The first kappa shape index (κ1) is 12.6. The van der Waals surface area contributed by atoms with E-state index in [0.717, 1.165) is 25.0 Å². The molecule has 0 unspecified atom stereocenters. The smallest absolute Gasteiger partial charge is 0.354 e. The number of rotatable bonds is 6. The molecule has 5 nitrogen and oxygen atoms in total. The van der Waals surface area contributed by atoms with Crippen molar-refractivity contribution in [1.82, 2.24) is 15.3 Å². The number of hydrogen-bond acceptors (Lipinski definition) is 4. The van der Waals surface area contributed by atoms with E-state index >= 15 is 0 Å². The lowest BCUT2D eigenvalue weighted by Gasteiger charge is -2.09. The van der Waals surface area contributed by atoms with Crippen molar-refractivity contribution in [2.24, 2.45) is 0 Å². The molecule has 0 spiro atoms. The van der Waals surface area contributed by atoms with Gasteiger partial charge in [0.2, 0.25) is 0 Å². The minimum Gasteiger partial charge on any atom is -0.476 e. The summed E-state index contributed by atoms with van der Waals surface area (Å²) in [5, 5.41) is 12.0. The van der Waals surface area contributed by atoms with Crippen molar-refractivity contribution in [3.63, 3.8) is 0 Å². The molecule has 1 aromatic heterocycles. The van der Waals surface area contributed by atoms with Gasteiger partial charge in [0, 0.05) is 17.8 Å². The molecule has 5 heteroatoms. The van der Waals surface area contributed by atoms with Crippen molar-refractivity contribution in [2.45, 2.75) is 32.7 Å². The van der Waals surface area contributed by atoms with Gasteiger partial charge in [-0.15, -0.1) is 0 Å². The molecule has 88 valence electrons. The fourth-order valence-corrected chi connectivity index (χ4v) is 1.56. The largest absolute Gasteiger partial charge is 0.476 e. The van der Waals surface area contributed by atoms with Crippen molar-refractivity contribution >= 4 is 5.97 Å². The third-order valence-corrected chi connectivity index (χ3v) is 2.36. The van der Waals surface area contributed by atoms with Gasteiger partial charge in [-0.25, -0.2) is 14.8 Å². The van der Waals surface area contributed by atoms with Crippen LogP contribution in [0.25, 0.3) is 0 Å². The van der Waals surface area contributed by atoms with E-state index in [-0.39, 0.29) is 5.69 Å². The van der Waals surface area contributed by atoms with Gasteiger partial charge in [0.25, 0.3) is 0 Å². The summed E-state index contributed by atoms with van der Waals surface area (Å²) in [4.78, 5) is 19.0. The second-order valence-electron chi connectivity index (χ2n) is 3.59. The molecule has 1 heterocycles. The van der Waals surface area contributed by atoms with Crippen LogP contribution in [0.4, 0.5) is 0 Å². The molecule has 0 saturated carbocycles. The average Bonchev–Trinajstić information content (AvgIpc) is 2.27. The highest BCUT2D eigenvalue weighted by Gasteiger charge is 2.15. The minimum absolute atomic E-state index is 0.107. The van der Waals surface area contributed by atoms with E-state index in [9.17, 15) is 4.79 Å². The number of nitrogens with zero attached hydrogens (tertiary/aromatic N) is 2. The van der Waals surface area contributed by atoms with Crippen LogP contribution in [-0.2, 0) is 13.0 Å². The summed E-state index contributed by atoms with van der Waals surface area (Å²) in [7, 11) is 1.78. The van der Waals surface area contributed by atoms with E-state index < -0.39 is 5.97 Å². The topological polar surface area (TPSA) is 75.1 Å². The fourth-order valence-electron chi connectivity index (χ4n) is 1.56. The van der Waals surface area contributed by atoms with Crippen LogP contribution >= 0.6 is 0 Å². The Morgan fingerprint density at radius 3 is 2.81 bits per heavy atom. The number of carbonyl (C=O) groups is 1. The molecule has 0 aliphatic carbocycles. The van der Waals surface area contributed by atoms with Crippen LogP contribution in [-0.4, -0.2) is 28.1 Å². The molecule has 0 aliphatic heterocycles. The quantitative estimate of drug-likeness (QED) is 0.758. The van der Waals surface area contributed by atoms with E-state index in [1.165, 1.54) is 6.33 Å². The number of carboxylic acid groups (broad SMARTS) is 1. The van der Waals surface area contributed by atoms with Crippen LogP contribution in [0, 0.1) is 0 Å². The summed E-state index contributed by atoms with van der Waals surface area (Å²) in [6.07, 6.45) is 4.20. The van der Waals surface area contributed by atoms with E-state index in [4.69, 9.17) is 5.11 Å². The van der Waals surface area contributed by atoms with Crippen molar-refractivity contribution < 1.29 is 9.90 Å². The average molecular weight is 223 g/mol. The molecule has 0 radical (unpaired) electrons. The zero-order valence-electron chi connectivity index (χ0n) is 9.66. The molecule has 0 fully saturated rings. The molecule has 1 aromatic rings. The Morgan fingerprint density at radius 2 is 2.25 bits per heavy atom. The number of aryl methyl sites for hydroxylation is 1. The molecule has 0 aliphatic rings. The second kappa shape index (κ2) is 6.17. The van der Waals surface area contributed by atoms with Gasteiger partial charge < -0.3 is 10.4 Å². The van der Waals surface area contributed by atoms with Crippen LogP contribution in [0.3, 0.4) is 0 Å². The van der Waals surface area contributed by atoms with E-state index in [2.05, 4.69) is 22.2 Å². The third-order valence-electron chi connectivity index (χ3n) is 2.36. The summed E-state index contributed by atoms with van der Waals surface area (Å²) in [6, 6.07) is 0. The molecule has 0 saturated heterocycles. The number of aromatic nitrogens is 2. The monoisotopic (exact) mass is 223 g/mol. The normalized spacial score (nSPS) is 10.4. The van der Waals surface area contributed by atoms with Gasteiger partial charge in [-0.2, -0.15) is 0 Å². The van der Waals surface area contributed by atoms with E-state index in [0.29, 0.717) is 12.1 Å². The number of carboxylic acids is 1. The van der Waals surface area contributed by atoms with Crippen molar-refractivity contribution in [3.8, 4) is 0 Å². The summed E-state index contributed by atoms with van der Waals surface area (Å²) in [5.41, 5.74) is 1.64. The molecule has 16 heavy (non-hydrogen) atoms. The van der Waals surface area contributed by atoms with Gasteiger partial charge in [0.15, 0.2) is 5.69 Å². The number of aromatic carboxylic acids is 1. The SMILES string of the molecule is CCCCc1ncnc(C(=O)O)c1CNC. The Kier molecular flexibility index (Phi) is 4.85. The van der Waals surface area contributed by atoms with Gasteiger partial charge in [0.05, 0.1) is 0 Å². The van der Waals surface area contributed by atoms with Gasteiger partial charge in [0.1, 0.15) is 6.33 Å². The van der Waals surface area contributed by atoms with Crippen LogP contribution in [0.15, 0.2) is 6.33 Å². The highest BCUT2D eigenvalue weighted by molar-refractivity contribution is 5.87. The second-order valence-corrected chi connectivity index (χ2v) is 3.59. The Labute approximate surface area is 94.9 Å². The van der Waals surface area contributed by atoms with Crippen LogP contribution < -0.4 is 5.32 Å². The Bertz CT molecular complexity index is 366. The predicted molar refractivity (Wildman–Crippen MR) is 60.4 cm³/mol. The maximum absolute atomic E-state index is 11.0. The Balaban J connectivity index is 3.05. The first-order valence-corrected chi connectivity index (χ1v) is 5.41. The molecule has 0 amide bonds. The maximum Gasteiger partial charge on any atom is 0.354 e. The van der Waals surface area contributed by atoms with Gasteiger partial charge in [-0.05, 0) is 19.9 Å². The highest BCUT2D eigenvalue weighted by Crippen LogP contribution is 2.12. The minimum atomic E-state index is -0.995. The zero-order chi connectivity index (χ0) is 12.0. The van der Waals surface area contributed by atoms with Crippen LogP contribution in [0.1, 0.15) is 41.5 Å². The van der Waals surface area contributed by atoms with Crippen molar-refractivity contribution in [1.29, 1.82) is 0 Å². The molecule has 0 bridgehead atoms. The molecule has 0 aromatic carbocycles. The van der Waals surface area contributed by atoms with Crippen molar-refractivity contribution in [2.75, 3.05) is 7.05 Å². The number of nitrogens with one attached hydrogen (secondary N) is 1. The van der Waals surface area contributed by atoms with E-state index in [1.807, 2.05) is 0 Å².